The van der Waals surface area contributed by atoms with Crippen LogP contribution in [0.5, 0.6) is 5.75 Å². The summed E-state index contributed by atoms with van der Waals surface area (Å²) in [5.74, 6) is 0.0155. The molecule has 0 aliphatic rings. The quantitative estimate of drug-likeness (QED) is 0.523. The Hall–Kier alpha value is -1.10. The van der Waals surface area contributed by atoms with Gasteiger partial charge in [0.1, 0.15) is 18.0 Å². The summed E-state index contributed by atoms with van der Waals surface area (Å²) in [4.78, 5) is 0. The molecule has 2 unspecified atom stereocenters. The second-order valence-corrected chi connectivity index (χ2v) is 2.79. The van der Waals surface area contributed by atoms with Crippen molar-refractivity contribution < 1.29 is 20.4 Å². The van der Waals surface area contributed by atoms with Crippen LogP contribution >= 0.6 is 0 Å². The van der Waals surface area contributed by atoms with Crippen molar-refractivity contribution in [2.45, 2.75) is 12.2 Å². The molecule has 1 rings (SSSR count). The predicted molar refractivity (Wildman–Crippen MR) is 46.2 cm³/mol. The maximum Gasteiger partial charge on any atom is 0.115 e. The lowest BCUT2D eigenvalue weighted by atomic mass is 10.0. The van der Waals surface area contributed by atoms with E-state index in [0.29, 0.717) is 5.56 Å². The smallest absolute Gasteiger partial charge is 0.115 e. The van der Waals surface area contributed by atoms with Gasteiger partial charge in [-0.3, -0.25) is 0 Å². The molecule has 2 atom stereocenters. The molecule has 0 bridgehead atoms. The zero-order valence-electron chi connectivity index (χ0n) is 6.96. The fourth-order valence-electron chi connectivity index (χ4n) is 1.03. The molecule has 1 aromatic carbocycles. The third-order valence-corrected chi connectivity index (χ3v) is 1.76. The standard InChI is InChI=1S/C9H12O4/c10-5-8(12)9(13)6-2-1-3-7(11)4-6/h1-4,8-13H,5H2. The Kier molecular flexibility index (Phi) is 3.25. The largest absolute Gasteiger partial charge is 0.508 e. The molecule has 0 aliphatic heterocycles. The van der Waals surface area contributed by atoms with E-state index in [1.54, 1.807) is 12.1 Å². The van der Waals surface area contributed by atoms with Gasteiger partial charge in [0.05, 0.1) is 6.61 Å². The molecule has 4 N–H and O–H groups in total. The van der Waals surface area contributed by atoms with Gasteiger partial charge in [-0.15, -0.1) is 0 Å². The van der Waals surface area contributed by atoms with Crippen molar-refractivity contribution in [3.63, 3.8) is 0 Å². The molecule has 0 amide bonds. The topological polar surface area (TPSA) is 80.9 Å². The summed E-state index contributed by atoms with van der Waals surface area (Å²) in [7, 11) is 0. The van der Waals surface area contributed by atoms with Crippen LogP contribution in [0.3, 0.4) is 0 Å². The number of hydrogen-bond acceptors (Lipinski definition) is 4. The van der Waals surface area contributed by atoms with Gasteiger partial charge in [0.15, 0.2) is 0 Å². The zero-order valence-corrected chi connectivity index (χ0v) is 6.96. The van der Waals surface area contributed by atoms with Crippen LogP contribution in [0, 0.1) is 0 Å². The molecular weight excluding hydrogens is 172 g/mol. The lowest BCUT2D eigenvalue weighted by Gasteiger charge is -2.15. The third-order valence-electron chi connectivity index (χ3n) is 1.76. The zero-order chi connectivity index (χ0) is 9.84. The third kappa shape index (κ3) is 2.42. The Labute approximate surface area is 75.7 Å². The fraction of sp³-hybridized carbons (Fsp3) is 0.333. The van der Waals surface area contributed by atoms with E-state index in [4.69, 9.17) is 15.3 Å². The number of aliphatic hydroxyl groups excluding tert-OH is 3. The number of aliphatic hydroxyl groups is 3. The Balaban J connectivity index is 2.82. The van der Waals surface area contributed by atoms with Crippen LogP contribution in [0.15, 0.2) is 24.3 Å². The van der Waals surface area contributed by atoms with E-state index < -0.39 is 18.8 Å². The van der Waals surface area contributed by atoms with Crippen LogP contribution in [-0.4, -0.2) is 33.1 Å². The summed E-state index contributed by atoms with van der Waals surface area (Å²) in [6.45, 7) is -0.517. The number of phenols is 1. The average Bonchev–Trinajstić information content (AvgIpc) is 2.15. The van der Waals surface area contributed by atoms with Crippen molar-refractivity contribution in [1.82, 2.24) is 0 Å². The molecule has 0 saturated carbocycles. The summed E-state index contributed by atoms with van der Waals surface area (Å²) in [6, 6.07) is 5.91. The summed E-state index contributed by atoms with van der Waals surface area (Å²) in [5.41, 5.74) is 0.376. The van der Waals surface area contributed by atoms with Gasteiger partial charge in [0.25, 0.3) is 0 Å². The highest BCUT2D eigenvalue weighted by Gasteiger charge is 2.17. The van der Waals surface area contributed by atoms with Gasteiger partial charge >= 0.3 is 0 Å². The minimum Gasteiger partial charge on any atom is -0.508 e. The van der Waals surface area contributed by atoms with E-state index >= 15 is 0 Å². The van der Waals surface area contributed by atoms with Gasteiger partial charge in [-0.05, 0) is 17.7 Å². The highest BCUT2D eigenvalue weighted by molar-refractivity contribution is 5.29. The van der Waals surface area contributed by atoms with E-state index in [-0.39, 0.29) is 5.75 Å². The second-order valence-electron chi connectivity index (χ2n) is 2.79. The maximum atomic E-state index is 9.39. The second kappa shape index (κ2) is 4.23. The van der Waals surface area contributed by atoms with Crippen molar-refractivity contribution in [3.05, 3.63) is 29.8 Å². The molecule has 0 saturated heterocycles. The number of rotatable bonds is 3. The fourth-order valence-corrected chi connectivity index (χ4v) is 1.03. The number of aromatic hydroxyl groups is 1. The molecule has 0 radical (unpaired) electrons. The van der Waals surface area contributed by atoms with Gasteiger partial charge in [-0.1, -0.05) is 12.1 Å². The van der Waals surface area contributed by atoms with Crippen molar-refractivity contribution >= 4 is 0 Å². The summed E-state index contributed by atoms with van der Waals surface area (Å²) >= 11 is 0. The van der Waals surface area contributed by atoms with Crippen LogP contribution in [0.1, 0.15) is 11.7 Å². The highest BCUT2D eigenvalue weighted by Crippen LogP contribution is 2.20. The van der Waals surface area contributed by atoms with E-state index in [1.165, 1.54) is 12.1 Å². The Morgan fingerprint density at radius 1 is 1.23 bits per heavy atom. The summed E-state index contributed by atoms with van der Waals surface area (Å²) in [5, 5.41) is 36.1. The Morgan fingerprint density at radius 3 is 2.46 bits per heavy atom. The van der Waals surface area contributed by atoms with Gasteiger partial charge in [-0.25, -0.2) is 0 Å². The Morgan fingerprint density at radius 2 is 1.92 bits per heavy atom. The first-order chi connectivity index (χ1) is 6.15. The van der Waals surface area contributed by atoms with Gasteiger partial charge < -0.3 is 20.4 Å². The highest BCUT2D eigenvalue weighted by atomic mass is 16.4. The molecule has 0 spiro atoms. The Bertz CT molecular complexity index is 274. The minimum atomic E-state index is -1.22. The van der Waals surface area contributed by atoms with Crippen LogP contribution in [0.2, 0.25) is 0 Å². The molecule has 1 aromatic rings. The lowest BCUT2D eigenvalue weighted by molar-refractivity contribution is -0.0153. The van der Waals surface area contributed by atoms with Gasteiger partial charge in [0.2, 0.25) is 0 Å². The molecule has 4 heteroatoms. The molecule has 13 heavy (non-hydrogen) atoms. The molecule has 72 valence electrons. The summed E-state index contributed by atoms with van der Waals surface area (Å²) in [6.07, 6.45) is -2.39. The normalized spacial score (nSPS) is 15.3. The lowest BCUT2D eigenvalue weighted by Crippen LogP contribution is -2.21. The van der Waals surface area contributed by atoms with E-state index in [2.05, 4.69) is 0 Å². The van der Waals surface area contributed by atoms with Crippen molar-refractivity contribution in [3.8, 4) is 5.75 Å². The van der Waals surface area contributed by atoms with Crippen LogP contribution in [0.25, 0.3) is 0 Å². The first kappa shape index (κ1) is 9.98. The predicted octanol–water partition coefficient (Wildman–Crippen LogP) is -0.221. The average molecular weight is 184 g/mol. The number of benzene rings is 1. The van der Waals surface area contributed by atoms with Crippen LogP contribution < -0.4 is 0 Å². The molecule has 0 heterocycles. The SMILES string of the molecule is OCC(O)C(O)c1cccc(O)c1. The maximum absolute atomic E-state index is 9.39. The molecule has 4 nitrogen and oxygen atoms in total. The van der Waals surface area contributed by atoms with E-state index in [0.717, 1.165) is 0 Å². The van der Waals surface area contributed by atoms with Crippen molar-refractivity contribution in [2.24, 2.45) is 0 Å². The number of hydrogen-bond donors (Lipinski definition) is 4. The van der Waals surface area contributed by atoms with Crippen molar-refractivity contribution in [1.29, 1.82) is 0 Å². The molecule has 0 aliphatic carbocycles. The van der Waals surface area contributed by atoms with E-state index in [1.807, 2.05) is 0 Å². The van der Waals surface area contributed by atoms with Crippen LogP contribution in [0.4, 0.5) is 0 Å². The number of phenolic OH excluding ortho intramolecular Hbond substituents is 1. The van der Waals surface area contributed by atoms with Crippen LogP contribution in [-0.2, 0) is 0 Å². The first-order valence-corrected chi connectivity index (χ1v) is 3.91. The van der Waals surface area contributed by atoms with Crippen molar-refractivity contribution in [2.75, 3.05) is 6.61 Å². The van der Waals surface area contributed by atoms with Gasteiger partial charge in [-0.2, -0.15) is 0 Å². The minimum absolute atomic E-state index is 0.0155. The molecule has 0 aromatic heterocycles. The summed E-state index contributed by atoms with van der Waals surface area (Å²) < 4.78 is 0. The van der Waals surface area contributed by atoms with E-state index in [9.17, 15) is 5.11 Å². The van der Waals surface area contributed by atoms with Gasteiger partial charge in [0, 0.05) is 0 Å². The monoisotopic (exact) mass is 184 g/mol. The molecule has 0 fully saturated rings. The first-order valence-electron chi connectivity index (χ1n) is 3.91. The molecular formula is C9H12O4.